The molecular weight excluding hydrogens is 388 g/mol. The predicted octanol–water partition coefficient (Wildman–Crippen LogP) is 1.33. The lowest BCUT2D eigenvalue weighted by Gasteiger charge is -2.31. The van der Waals surface area contributed by atoms with E-state index in [1.54, 1.807) is 11.3 Å². The number of carbonyl (C=O) groups is 1. The molecule has 156 valence electrons. The predicted molar refractivity (Wildman–Crippen MR) is 113 cm³/mol. The minimum absolute atomic E-state index is 0.0535. The Labute approximate surface area is 175 Å². The summed E-state index contributed by atoms with van der Waals surface area (Å²) < 4.78 is 5.46. The van der Waals surface area contributed by atoms with Gasteiger partial charge in [-0.15, -0.1) is 11.3 Å². The first-order valence-corrected chi connectivity index (χ1v) is 11.0. The Balaban J connectivity index is 1.50. The standard InChI is InChI=1S/C21H28N4O3S/c1-14-20(29-13-23-14)16-4-2-15(3-5-16)19(12-25-6-8-28-9-7-25)24-21(27)18-10-17(26)11-22-18/h2-5,13,17-19,22,26H,6-12H2,1H3,(H,24,27)/t17-,18+,19+/m1/s1. The Hall–Kier alpha value is -1.84. The maximum Gasteiger partial charge on any atom is 0.237 e. The van der Waals surface area contributed by atoms with Crippen LogP contribution in [-0.2, 0) is 9.53 Å². The number of benzene rings is 1. The topological polar surface area (TPSA) is 86.7 Å². The zero-order valence-electron chi connectivity index (χ0n) is 16.6. The number of amides is 1. The number of aliphatic hydroxyl groups excluding tert-OH is 1. The summed E-state index contributed by atoms with van der Waals surface area (Å²) in [5.74, 6) is -0.0535. The number of hydrogen-bond acceptors (Lipinski definition) is 7. The largest absolute Gasteiger partial charge is 0.392 e. The summed E-state index contributed by atoms with van der Waals surface area (Å²) in [6, 6.07) is 7.94. The van der Waals surface area contributed by atoms with Gasteiger partial charge in [-0.25, -0.2) is 4.98 Å². The van der Waals surface area contributed by atoms with Gasteiger partial charge in [-0.3, -0.25) is 9.69 Å². The Morgan fingerprint density at radius 1 is 1.38 bits per heavy atom. The summed E-state index contributed by atoms with van der Waals surface area (Å²) in [5, 5.41) is 16.0. The van der Waals surface area contributed by atoms with Gasteiger partial charge in [-0.2, -0.15) is 0 Å². The van der Waals surface area contributed by atoms with E-state index in [1.165, 1.54) is 4.88 Å². The Morgan fingerprint density at radius 2 is 2.14 bits per heavy atom. The summed E-state index contributed by atoms with van der Waals surface area (Å²) in [5.41, 5.74) is 5.12. The van der Waals surface area contributed by atoms with E-state index in [0.29, 0.717) is 13.0 Å². The molecule has 3 heterocycles. The van der Waals surface area contributed by atoms with Crippen LogP contribution in [0.5, 0.6) is 0 Å². The molecule has 0 radical (unpaired) electrons. The number of aromatic nitrogens is 1. The Kier molecular flexibility index (Phi) is 6.56. The average molecular weight is 417 g/mol. The smallest absolute Gasteiger partial charge is 0.237 e. The van der Waals surface area contributed by atoms with Crippen molar-refractivity contribution in [3.63, 3.8) is 0 Å². The van der Waals surface area contributed by atoms with Crippen LogP contribution in [0.15, 0.2) is 29.8 Å². The molecule has 29 heavy (non-hydrogen) atoms. The van der Waals surface area contributed by atoms with Crippen LogP contribution in [0, 0.1) is 6.92 Å². The third-order valence-corrected chi connectivity index (χ3v) is 6.58. The van der Waals surface area contributed by atoms with Crippen molar-refractivity contribution >= 4 is 17.2 Å². The number of thiazole rings is 1. The number of nitrogens with one attached hydrogen (secondary N) is 2. The molecule has 2 fully saturated rings. The molecule has 0 bridgehead atoms. The summed E-state index contributed by atoms with van der Waals surface area (Å²) in [6.45, 7) is 6.40. The number of aryl methyl sites for hydroxylation is 1. The summed E-state index contributed by atoms with van der Waals surface area (Å²) in [4.78, 5) is 20.6. The fourth-order valence-corrected chi connectivity index (χ4v) is 4.72. The van der Waals surface area contributed by atoms with Crippen LogP contribution in [0.3, 0.4) is 0 Å². The Bertz CT molecular complexity index is 820. The molecule has 4 rings (SSSR count). The first kappa shape index (κ1) is 20.4. The normalized spacial score (nSPS) is 23.8. The molecule has 3 atom stereocenters. The molecule has 1 aromatic heterocycles. The van der Waals surface area contributed by atoms with Gasteiger partial charge in [0.15, 0.2) is 0 Å². The highest BCUT2D eigenvalue weighted by Gasteiger charge is 2.30. The van der Waals surface area contributed by atoms with Crippen molar-refractivity contribution < 1.29 is 14.6 Å². The lowest BCUT2D eigenvalue weighted by molar-refractivity contribution is -0.123. The molecule has 0 aliphatic carbocycles. The molecule has 1 amide bonds. The molecule has 8 heteroatoms. The van der Waals surface area contributed by atoms with Crippen molar-refractivity contribution in [3.8, 4) is 10.4 Å². The van der Waals surface area contributed by atoms with Crippen molar-refractivity contribution in [1.29, 1.82) is 0 Å². The lowest BCUT2D eigenvalue weighted by Crippen LogP contribution is -2.47. The van der Waals surface area contributed by atoms with Crippen LogP contribution in [0.25, 0.3) is 10.4 Å². The van der Waals surface area contributed by atoms with E-state index in [-0.39, 0.29) is 18.0 Å². The maximum atomic E-state index is 12.8. The van der Waals surface area contributed by atoms with Crippen LogP contribution in [-0.4, -0.2) is 72.4 Å². The first-order valence-electron chi connectivity index (χ1n) is 10.1. The molecule has 2 saturated heterocycles. The van der Waals surface area contributed by atoms with Gasteiger partial charge >= 0.3 is 0 Å². The van der Waals surface area contributed by atoms with E-state index in [4.69, 9.17) is 4.74 Å². The second-order valence-corrected chi connectivity index (χ2v) is 8.57. The Morgan fingerprint density at radius 3 is 2.76 bits per heavy atom. The van der Waals surface area contributed by atoms with Crippen LogP contribution in [0.2, 0.25) is 0 Å². The van der Waals surface area contributed by atoms with Crippen LogP contribution < -0.4 is 10.6 Å². The first-order chi connectivity index (χ1) is 14.1. The minimum atomic E-state index is -0.453. The van der Waals surface area contributed by atoms with Crippen molar-refractivity contribution in [2.75, 3.05) is 39.4 Å². The fourth-order valence-electron chi connectivity index (χ4n) is 3.91. The zero-order valence-corrected chi connectivity index (χ0v) is 17.5. The van der Waals surface area contributed by atoms with Crippen molar-refractivity contribution in [2.24, 2.45) is 0 Å². The molecule has 2 aliphatic rings. The molecule has 0 saturated carbocycles. The van der Waals surface area contributed by atoms with Gasteiger partial charge in [0.25, 0.3) is 0 Å². The molecule has 2 aromatic rings. The van der Waals surface area contributed by atoms with Gasteiger partial charge in [0.1, 0.15) is 0 Å². The van der Waals surface area contributed by atoms with Gasteiger partial charge in [-0.05, 0) is 24.5 Å². The lowest BCUT2D eigenvalue weighted by atomic mass is 10.0. The highest BCUT2D eigenvalue weighted by molar-refractivity contribution is 7.13. The van der Waals surface area contributed by atoms with E-state index >= 15 is 0 Å². The summed E-state index contributed by atoms with van der Waals surface area (Å²) >= 11 is 1.64. The fraction of sp³-hybridized carbons (Fsp3) is 0.524. The van der Waals surface area contributed by atoms with E-state index in [9.17, 15) is 9.90 Å². The second kappa shape index (κ2) is 9.32. The van der Waals surface area contributed by atoms with Gasteiger partial charge in [0.2, 0.25) is 5.91 Å². The van der Waals surface area contributed by atoms with E-state index in [1.807, 2.05) is 12.4 Å². The number of hydrogen-bond donors (Lipinski definition) is 3. The summed E-state index contributed by atoms with van der Waals surface area (Å²) in [7, 11) is 0. The zero-order chi connectivity index (χ0) is 20.2. The quantitative estimate of drug-likeness (QED) is 0.659. The highest BCUT2D eigenvalue weighted by atomic mass is 32.1. The number of rotatable bonds is 6. The van der Waals surface area contributed by atoms with Crippen molar-refractivity contribution in [3.05, 3.63) is 41.0 Å². The average Bonchev–Trinajstić information content (AvgIpc) is 3.37. The number of nitrogens with zero attached hydrogens (tertiary/aromatic N) is 2. The van der Waals surface area contributed by atoms with Crippen molar-refractivity contribution in [2.45, 2.75) is 31.5 Å². The van der Waals surface area contributed by atoms with Gasteiger partial charge in [-0.1, -0.05) is 24.3 Å². The van der Waals surface area contributed by atoms with Crippen LogP contribution >= 0.6 is 11.3 Å². The van der Waals surface area contributed by atoms with Crippen molar-refractivity contribution in [1.82, 2.24) is 20.5 Å². The number of morpholine rings is 1. The van der Waals surface area contributed by atoms with Gasteiger partial charge < -0.3 is 20.5 Å². The van der Waals surface area contributed by atoms with Crippen LogP contribution in [0.1, 0.15) is 23.7 Å². The van der Waals surface area contributed by atoms with E-state index in [2.05, 4.69) is 44.8 Å². The third-order valence-electron chi connectivity index (χ3n) is 5.61. The van der Waals surface area contributed by atoms with E-state index < -0.39 is 6.10 Å². The summed E-state index contributed by atoms with van der Waals surface area (Å²) in [6.07, 6.45) is 0.00468. The van der Waals surface area contributed by atoms with Crippen LogP contribution in [0.4, 0.5) is 0 Å². The molecule has 3 N–H and O–H groups in total. The monoisotopic (exact) mass is 416 g/mol. The minimum Gasteiger partial charge on any atom is -0.392 e. The second-order valence-electron chi connectivity index (χ2n) is 7.71. The van der Waals surface area contributed by atoms with Gasteiger partial charge in [0.05, 0.1) is 47.5 Å². The van der Waals surface area contributed by atoms with Gasteiger partial charge in [0, 0.05) is 26.2 Å². The SMILES string of the molecule is Cc1ncsc1-c1ccc([C@H](CN2CCOCC2)NC(=O)[C@@H]2C[C@@H](O)CN2)cc1. The molecule has 0 spiro atoms. The van der Waals surface area contributed by atoms with E-state index in [0.717, 1.165) is 49.7 Å². The molecule has 0 unspecified atom stereocenters. The number of carbonyl (C=O) groups excluding carboxylic acids is 1. The number of β-amino-alcohol motifs (C(OH)–C–C–N with tert-alkyl or cyclic N) is 1. The number of aliphatic hydroxyl groups is 1. The maximum absolute atomic E-state index is 12.8. The molecular formula is C21H28N4O3S. The third kappa shape index (κ3) is 5.02. The molecule has 7 nitrogen and oxygen atoms in total. The highest BCUT2D eigenvalue weighted by Crippen LogP contribution is 2.28. The number of ether oxygens (including phenoxy) is 1. The molecule has 2 aliphatic heterocycles. The molecule has 1 aromatic carbocycles.